The highest BCUT2D eigenvalue weighted by atomic mass is 19.1. The molecule has 0 unspecified atom stereocenters. The first-order valence-electron chi connectivity index (χ1n) is 13.7. The van der Waals surface area contributed by atoms with Crippen LogP contribution in [0.5, 0.6) is 0 Å². The van der Waals surface area contributed by atoms with Crippen molar-refractivity contribution in [3.8, 4) is 12.3 Å². The van der Waals surface area contributed by atoms with E-state index in [2.05, 4.69) is 16.6 Å². The molecule has 3 N–H and O–H groups in total. The van der Waals surface area contributed by atoms with E-state index >= 15 is 0 Å². The van der Waals surface area contributed by atoms with E-state index < -0.39 is 29.7 Å². The average molecular weight is 542 g/mol. The highest BCUT2D eigenvalue weighted by Crippen LogP contribution is 2.16. The summed E-state index contributed by atoms with van der Waals surface area (Å²) in [4.78, 5) is 28.3. The maximum atomic E-state index is 13.8. The Balaban J connectivity index is 2.23. The number of aryl methyl sites for hydroxylation is 1. The summed E-state index contributed by atoms with van der Waals surface area (Å²) < 4.78 is 27.7. The van der Waals surface area contributed by atoms with Crippen LogP contribution in [0.25, 0.3) is 0 Å². The van der Waals surface area contributed by atoms with Crippen LogP contribution < -0.4 is 10.6 Å². The highest BCUT2D eigenvalue weighted by Gasteiger charge is 2.24. The van der Waals surface area contributed by atoms with Gasteiger partial charge in [0.25, 0.3) is 11.8 Å². The summed E-state index contributed by atoms with van der Waals surface area (Å²) in [6, 6.07) is 7.28. The zero-order valence-corrected chi connectivity index (χ0v) is 23.2. The van der Waals surface area contributed by atoms with Crippen molar-refractivity contribution in [2.45, 2.75) is 71.4 Å². The number of rotatable bonds is 16. The Labute approximate surface area is 231 Å². The van der Waals surface area contributed by atoms with Crippen molar-refractivity contribution in [1.29, 1.82) is 0 Å². The Kier molecular flexibility index (Phi) is 13.6. The number of halogens is 2. The topological polar surface area (TPSA) is 81.7 Å². The van der Waals surface area contributed by atoms with E-state index in [0.717, 1.165) is 37.3 Å². The lowest BCUT2D eigenvalue weighted by Gasteiger charge is -2.25. The maximum absolute atomic E-state index is 13.8. The van der Waals surface area contributed by atoms with Crippen molar-refractivity contribution in [2.24, 2.45) is 0 Å². The van der Waals surface area contributed by atoms with Gasteiger partial charge in [0.15, 0.2) is 0 Å². The molecule has 2 rings (SSSR count). The molecule has 212 valence electrons. The van der Waals surface area contributed by atoms with E-state index in [1.807, 2.05) is 20.8 Å². The number of nitrogens with zero attached hydrogens (tertiary/aromatic N) is 1. The molecule has 2 amide bonds. The lowest BCUT2D eigenvalue weighted by molar-refractivity contribution is 0.0755. The van der Waals surface area contributed by atoms with Crippen LogP contribution in [0, 0.1) is 30.9 Å². The number of aliphatic hydroxyl groups excluding tert-OH is 1. The van der Waals surface area contributed by atoms with E-state index in [-0.39, 0.29) is 24.4 Å². The third-order valence-corrected chi connectivity index (χ3v) is 6.30. The fourth-order valence-corrected chi connectivity index (χ4v) is 4.46. The first-order valence-corrected chi connectivity index (χ1v) is 13.7. The molecule has 39 heavy (non-hydrogen) atoms. The zero-order chi connectivity index (χ0) is 28.8. The van der Waals surface area contributed by atoms with E-state index in [1.54, 1.807) is 23.1 Å². The monoisotopic (exact) mass is 541 g/mol. The highest BCUT2D eigenvalue weighted by molar-refractivity contribution is 6.00. The molecule has 0 aliphatic carbocycles. The second-order valence-electron chi connectivity index (χ2n) is 9.87. The lowest BCUT2D eigenvalue weighted by atomic mass is 9.99. The number of aliphatic hydroxyl groups is 1. The molecule has 0 saturated heterocycles. The van der Waals surface area contributed by atoms with E-state index in [9.17, 15) is 23.5 Å². The molecule has 0 spiro atoms. The molecule has 2 aromatic carbocycles. The summed E-state index contributed by atoms with van der Waals surface area (Å²) in [5.41, 5.74) is 1.74. The zero-order valence-electron chi connectivity index (χ0n) is 23.2. The molecule has 0 aliphatic heterocycles. The molecule has 0 bridgehead atoms. The fourth-order valence-electron chi connectivity index (χ4n) is 4.46. The van der Waals surface area contributed by atoms with E-state index in [1.165, 1.54) is 12.1 Å². The normalized spacial score (nSPS) is 12.4. The Morgan fingerprint density at radius 1 is 1.00 bits per heavy atom. The minimum atomic E-state index is -1.04. The van der Waals surface area contributed by atoms with Gasteiger partial charge in [0.1, 0.15) is 11.6 Å². The third-order valence-electron chi connectivity index (χ3n) is 6.30. The summed E-state index contributed by atoms with van der Waals surface area (Å²) >= 11 is 0. The van der Waals surface area contributed by atoms with Gasteiger partial charge in [-0.3, -0.25) is 9.59 Å². The first-order chi connectivity index (χ1) is 18.7. The predicted octanol–water partition coefficient (Wildman–Crippen LogP) is 4.63. The van der Waals surface area contributed by atoms with Crippen LogP contribution >= 0.6 is 0 Å². The molecule has 0 fully saturated rings. The summed E-state index contributed by atoms with van der Waals surface area (Å²) in [5.74, 6) is 0.487. The average Bonchev–Trinajstić information content (AvgIpc) is 2.88. The van der Waals surface area contributed by atoms with Gasteiger partial charge in [0.05, 0.1) is 12.1 Å². The Morgan fingerprint density at radius 2 is 1.64 bits per heavy atom. The largest absolute Gasteiger partial charge is 0.390 e. The molecular formula is C31H41F2N3O3. The van der Waals surface area contributed by atoms with Gasteiger partial charge in [-0.2, -0.15) is 0 Å². The Morgan fingerprint density at radius 3 is 2.26 bits per heavy atom. The van der Waals surface area contributed by atoms with Gasteiger partial charge in [-0.1, -0.05) is 13.8 Å². The summed E-state index contributed by atoms with van der Waals surface area (Å²) in [6.07, 6.45) is 8.24. The van der Waals surface area contributed by atoms with Crippen LogP contribution in [0.3, 0.4) is 0 Å². The van der Waals surface area contributed by atoms with Gasteiger partial charge < -0.3 is 20.6 Å². The smallest absolute Gasteiger partial charge is 0.253 e. The van der Waals surface area contributed by atoms with Crippen molar-refractivity contribution in [3.63, 3.8) is 0 Å². The first kappa shape index (κ1) is 31.9. The van der Waals surface area contributed by atoms with Gasteiger partial charge in [0, 0.05) is 43.2 Å². The molecular weight excluding hydrogens is 500 g/mol. The van der Waals surface area contributed by atoms with Crippen molar-refractivity contribution in [1.82, 2.24) is 15.5 Å². The number of carbonyl (C=O) groups excluding carboxylic acids is 2. The minimum absolute atomic E-state index is 0.0126. The molecule has 0 saturated carbocycles. The van der Waals surface area contributed by atoms with Crippen molar-refractivity contribution < 1.29 is 23.5 Å². The van der Waals surface area contributed by atoms with E-state index in [0.29, 0.717) is 37.2 Å². The number of benzene rings is 2. The van der Waals surface area contributed by atoms with Crippen LogP contribution in [0.15, 0.2) is 36.4 Å². The molecule has 0 radical (unpaired) electrons. The number of hydrogen-bond acceptors (Lipinski definition) is 4. The van der Waals surface area contributed by atoms with Crippen molar-refractivity contribution in [2.75, 3.05) is 26.2 Å². The van der Waals surface area contributed by atoms with Gasteiger partial charge >= 0.3 is 0 Å². The number of carbonyl (C=O) groups is 2. The SMILES string of the molecule is C#CCCCCNC[C@@H](O)[C@H](Cc1cc(F)cc(F)c1)NC(=O)c1cc(C)cc(C(=O)N(CCC)CCC)c1. The van der Waals surface area contributed by atoms with Crippen LogP contribution in [-0.4, -0.2) is 60.1 Å². The Hall–Kier alpha value is -3.28. The number of nitrogens with one attached hydrogen (secondary N) is 2. The minimum Gasteiger partial charge on any atom is -0.390 e. The molecule has 2 atom stereocenters. The summed E-state index contributed by atoms with van der Waals surface area (Å²) in [6.45, 7) is 7.86. The fraction of sp³-hybridized carbons (Fsp3) is 0.484. The van der Waals surface area contributed by atoms with Gasteiger partial charge in [-0.05, 0) is 87.0 Å². The second kappa shape index (κ2) is 16.6. The van der Waals surface area contributed by atoms with Crippen molar-refractivity contribution in [3.05, 3.63) is 70.3 Å². The number of unbranched alkanes of at least 4 members (excludes halogenated alkanes) is 2. The van der Waals surface area contributed by atoms with E-state index in [4.69, 9.17) is 6.42 Å². The van der Waals surface area contributed by atoms with Crippen LogP contribution in [0.2, 0.25) is 0 Å². The summed E-state index contributed by atoms with van der Waals surface area (Å²) in [7, 11) is 0. The van der Waals surface area contributed by atoms with Gasteiger partial charge in [0.2, 0.25) is 0 Å². The molecule has 0 aliphatic rings. The molecule has 2 aromatic rings. The standard InChI is InChI=1S/C31H41F2N3O3/c1-5-8-9-10-11-34-21-29(37)28(18-23-16-26(32)20-27(33)17-23)35-30(38)24-14-22(4)15-25(19-24)31(39)36(12-6-2)13-7-3/h1,14-17,19-20,28-29,34,37H,6-13,18,21H2,2-4H3,(H,35,38)/t28-,29+/m0/s1. The maximum Gasteiger partial charge on any atom is 0.253 e. The van der Waals surface area contributed by atoms with Crippen LogP contribution in [-0.2, 0) is 6.42 Å². The third kappa shape index (κ3) is 10.8. The molecule has 0 heterocycles. The summed E-state index contributed by atoms with van der Waals surface area (Å²) in [5, 5.41) is 16.9. The second-order valence-corrected chi connectivity index (χ2v) is 9.87. The van der Waals surface area contributed by atoms with Crippen molar-refractivity contribution >= 4 is 11.8 Å². The predicted molar refractivity (Wildman–Crippen MR) is 151 cm³/mol. The van der Waals surface area contributed by atoms with Crippen LogP contribution in [0.4, 0.5) is 8.78 Å². The number of terminal acetylenes is 1. The van der Waals surface area contributed by atoms with Gasteiger partial charge in [-0.25, -0.2) is 8.78 Å². The molecule has 0 aromatic heterocycles. The molecule has 6 nitrogen and oxygen atoms in total. The molecule has 8 heteroatoms. The Bertz CT molecular complexity index is 1110. The quantitative estimate of drug-likeness (QED) is 0.214. The number of amides is 2. The number of hydrogen-bond donors (Lipinski definition) is 3. The van der Waals surface area contributed by atoms with Gasteiger partial charge in [-0.15, -0.1) is 12.3 Å². The lowest BCUT2D eigenvalue weighted by Crippen LogP contribution is -2.49. The van der Waals surface area contributed by atoms with Crippen LogP contribution in [0.1, 0.15) is 77.8 Å².